The van der Waals surface area contributed by atoms with Crippen molar-refractivity contribution in [1.29, 1.82) is 0 Å². The molecule has 3 atom stereocenters. The van der Waals surface area contributed by atoms with E-state index < -0.39 is 0 Å². The second-order valence-electron chi connectivity index (χ2n) is 7.83. The highest BCUT2D eigenvalue weighted by atomic mass is 79.9. The zero-order valence-electron chi connectivity index (χ0n) is 17.1. The molecule has 3 unspecified atom stereocenters. The van der Waals surface area contributed by atoms with Crippen LogP contribution in [0.4, 0.5) is 4.79 Å². The van der Waals surface area contributed by atoms with Gasteiger partial charge in [0.25, 0.3) is 0 Å². The van der Waals surface area contributed by atoms with Gasteiger partial charge in [0.1, 0.15) is 6.61 Å². The molecule has 0 aromatic heterocycles. The van der Waals surface area contributed by atoms with Crippen LogP contribution in [-0.4, -0.2) is 30.8 Å². The summed E-state index contributed by atoms with van der Waals surface area (Å²) in [5.41, 5.74) is 2.25. The number of ether oxygens (including phenoxy) is 2. The Morgan fingerprint density at radius 1 is 1.07 bits per heavy atom. The third kappa shape index (κ3) is 5.08. The van der Waals surface area contributed by atoms with Crippen molar-refractivity contribution in [3.05, 3.63) is 58.1 Å². The van der Waals surface area contributed by atoms with Crippen LogP contribution in [0.1, 0.15) is 37.3 Å². The van der Waals surface area contributed by atoms with Crippen LogP contribution in [0.15, 0.2) is 46.9 Å². The average molecular weight is 474 g/mol. The highest BCUT2D eigenvalue weighted by molar-refractivity contribution is 9.10. The fourth-order valence-electron chi connectivity index (χ4n) is 4.19. The van der Waals surface area contributed by atoms with Crippen molar-refractivity contribution in [3.8, 4) is 11.5 Å². The lowest BCUT2D eigenvalue weighted by Gasteiger charge is -2.31. The number of carbonyl (C=O) groups excluding carboxylic acids is 1. The normalized spacial score (nSPS) is 22.7. The first kappa shape index (κ1) is 21.0. The fourth-order valence-corrected chi connectivity index (χ4v) is 4.79. The number of urea groups is 1. The molecule has 2 aromatic carbocycles. The molecule has 1 heterocycles. The van der Waals surface area contributed by atoms with Crippen LogP contribution in [0, 0.1) is 0 Å². The summed E-state index contributed by atoms with van der Waals surface area (Å²) in [7, 11) is 0. The minimum absolute atomic E-state index is 0.0398. The second-order valence-corrected chi connectivity index (χ2v) is 8.69. The second kappa shape index (κ2) is 9.71. The number of benzene rings is 2. The summed E-state index contributed by atoms with van der Waals surface area (Å²) < 4.78 is 12.8. The van der Waals surface area contributed by atoms with E-state index in [9.17, 15) is 4.79 Å². The van der Waals surface area contributed by atoms with Gasteiger partial charge >= 0.3 is 6.03 Å². The molecule has 1 saturated heterocycles. The Balaban J connectivity index is 1.39. The number of carbonyl (C=O) groups is 1. The van der Waals surface area contributed by atoms with Gasteiger partial charge in [-0.1, -0.05) is 30.3 Å². The number of hydrogen-bond acceptors (Lipinski definition) is 4. The molecule has 1 saturated carbocycles. The van der Waals surface area contributed by atoms with E-state index >= 15 is 0 Å². The van der Waals surface area contributed by atoms with Crippen molar-refractivity contribution in [2.24, 2.45) is 0 Å². The maximum absolute atomic E-state index is 11.5. The summed E-state index contributed by atoms with van der Waals surface area (Å²) >= 11 is 3.66. The molecule has 0 bridgehead atoms. The van der Waals surface area contributed by atoms with E-state index in [1.807, 2.05) is 43.3 Å². The van der Waals surface area contributed by atoms with E-state index in [0.717, 1.165) is 52.9 Å². The molecule has 160 valence electrons. The molecule has 1 aliphatic carbocycles. The van der Waals surface area contributed by atoms with Gasteiger partial charge < -0.3 is 25.4 Å². The molecule has 3 N–H and O–H groups in total. The highest BCUT2D eigenvalue weighted by Crippen LogP contribution is 2.37. The molecule has 2 aromatic rings. The van der Waals surface area contributed by atoms with Crippen LogP contribution in [0.25, 0.3) is 0 Å². The highest BCUT2D eigenvalue weighted by Gasteiger charge is 2.36. The number of rotatable bonds is 8. The van der Waals surface area contributed by atoms with Gasteiger partial charge in [0.2, 0.25) is 0 Å². The summed E-state index contributed by atoms with van der Waals surface area (Å²) in [6, 6.07) is 15.1. The minimum atomic E-state index is -0.0398. The predicted octanol–water partition coefficient (Wildman–Crippen LogP) is 4.12. The smallest absolute Gasteiger partial charge is 0.315 e. The SMILES string of the molecule is CCOc1cc(CNC2CCC3NC(=O)NC3C2)cc(Br)c1OCc1ccccc1. The summed E-state index contributed by atoms with van der Waals surface area (Å²) in [6.07, 6.45) is 3.00. The van der Waals surface area contributed by atoms with Crippen molar-refractivity contribution >= 4 is 22.0 Å². The molecule has 0 radical (unpaired) electrons. The molecular weight excluding hydrogens is 446 g/mol. The summed E-state index contributed by atoms with van der Waals surface area (Å²) in [5, 5.41) is 9.66. The van der Waals surface area contributed by atoms with Gasteiger partial charge in [-0.2, -0.15) is 0 Å². The fraction of sp³-hybridized carbons (Fsp3) is 0.435. The van der Waals surface area contributed by atoms with Crippen LogP contribution in [-0.2, 0) is 13.2 Å². The van der Waals surface area contributed by atoms with E-state index in [4.69, 9.17) is 9.47 Å². The first-order valence-electron chi connectivity index (χ1n) is 10.5. The van der Waals surface area contributed by atoms with Crippen LogP contribution in [0.3, 0.4) is 0 Å². The molecule has 0 spiro atoms. The maximum atomic E-state index is 11.5. The van der Waals surface area contributed by atoms with Gasteiger partial charge in [-0.05, 0) is 65.4 Å². The Bertz CT molecular complexity index is 877. The first-order valence-corrected chi connectivity index (χ1v) is 11.3. The Morgan fingerprint density at radius 3 is 2.67 bits per heavy atom. The quantitative estimate of drug-likeness (QED) is 0.539. The first-order chi connectivity index (χ1) is 14.6. The third-order valence-corrected chi connectivity index (χ3v) is 6.26. The molecule has 7 heteroatoms. The van der Waals surface area contributed by atoms with Gasteiger partial charge in [-0.25, -0.2) is 4.79 Å². The van der Waals surface area contributed by atoms with Crippen LogP contribution >= 0.6 is 15.9 Å². The van der Waals surface area contributed by atoms with Crippen LogP contribution in [0.5, 0.6) is 11.5 Å². The number of hydrogen-bond donors (Lipinski definition) is 3. The Hall–Kier alpha value is -2.25. The largest absolute Gasteiger partial charge is 0.490 e. The molecule has 1 aliphatic heterocycles. The van der Waals surface area contributed by atoms with Gasteiger partial charge in [-0.15, -0.1) is 0 Å². The van der Waals surface area contributed by atoms with Gasteiger partial charge in [-0.3, -0.25) is 0 Å². The van der Waals surface area contributed by atoms with E-state index in [2.05, 4.69) is 37.9 Å². The average Bonchev–Trinajstić information content (AvgIpc) is 3.12. The Kier molecular flexibility index (Phi) is 6.79. The van der Waals surface area contributed by atoms with Crippen molar-refractivity contribution in [3.63, 3.8) is 0 Å². The van der Waals surface area contributed by atoms with Crippen molar-refractivity contribution < 1.29 is 14.3 Å². The summed E-state index contributed by atoms with van der Waals surface area (Å²) in [6.45, 7) is 3.77. The third-order valence-electron chi connectivity index (χ3n) is 5.67. The van der Waals surface area contributed by atoms with E-state index in [1.54, 1.807) is 0 Å². The number of nitrogens with one attached hydrogen (secondary N) is 3. The van der Waals surface area contributed by atoms with Crippen molar-refractivity contribution in [2.45, 2.75) is 57.5 Å². The molecule has 30 heavy (non-hydrogen) atoms. The molecule has 2 fully saturated rings. The zero-order valence-corrected chi connectivity index (χ0v) is 18.7. The molecule has 2 aliphatic rings. The van der Waals surface area contributed by atoms with Crippen LogP contribution < -0.4 is 25.4 Å². The Labute approximate surface area is 185 Å². The lowest BCUT2D eigenvalue weighted by Crippen LogP contribution is -2.46. The topological polar surface area (TPSA) is 71.6 Å². The van der Waals surface area contributed by atoms with Gasteiger partial charge in [0.15, 0.2) is 11.5 Å². The number of amides is 2. The van der Waals surface area contributed by atoms with E-state index in [1.165, 1.54) is 0 Å². The van der Waals surface area contributed by atoms with Gasteiger partial charge in [0.05, 0.1) is 23.2 Å². The zero-order chi connectivity index (χ0) is 20.9. The van der Waals surface area contributed by atoms with E-state index in [0.29, 0.717) is 19.3 Å². The summed E-state index contributed by atoms with van der Waals surface area (Å²) in [4.78, 5) is 11.5. The lowest BCUT2D eigenvalue weighted by molar-refractivity contribution is 0.247. The standard InChI is InChI=1S/C23H28BrN3O3/c1-2-29-21-11-16(10-18(24)22(21)30-14-15-6-4-3-5-7-15)13-25-17-8-9-19-20(12-17)27-23(28)26-19/h3-7,10-11,17,19-20,25H,2,8-9,12-14H2,1H3,(H2,26,27,28). The summed E-state index contributed by atoms with van der Waals surface area (Å²) in [5.74, 6) is 1.47. The number of fused-ring (bicyclic) bond motifs is 1. The van der Waals surface area contributed by atoms with Gasteiger partial charge in [0, 0.05) is 12.6 Å². The Morgan fingerprint density at radius 2 is 1.87 bits per heavy atom. The monoisotopic (exact) mass is 473 g/mol. The lowest BCUT2D eigenvalue weighted by atomic mass is 9.88. The van der Waals surface area contributed by atoms with Crippen molar-refractivity contribution in [1.82, 2.24) is 16.0 Å². The molecular formula is C23H28BrN3O3. The predicted molar refractivity (Wildman–Crippen MR) is 120 cm³/mol. The van der Waals surface area contributed by atoms with E-state index in [-0.39, 0.29) is 18.1 Å². The molecule has 4 rings (SSSR count). The number of halogens is 1. The molecule has 2 amide bonds. The minimum Gasteiger partial charge on any atom is -0.490 e. The van der Waals surface area contributed by atoms with Crippen LogP contribution in [0.2, 0.25) is 0 Å². The van der Waals surface area contributed by atoms with Crippen molar-refractivity contribution in [2.75, 3.05) is 6.61 Å². The maximum Gasteiger partial charge on any atom is 0.315 e. The molecule has 6 nitrogen and oxygen atoms in total.